The Balaban J connectivity index is 2.78. The summed E-state index contributed by atoms with van der Waals surface area (Å²) in [4.78, 5) is 0. The van der Waals surface area contributed by atoms with Gasteiger partial charge in [-0.05, 0) is 37.5 Å². The van der Waals surface area contributed by atoms with Crippen LogP contribution in [0.1, 0.15) is 18.9 Å². The van der Waals surface area contributed by atoms with Gasteiger partial charge in [0.05, 0.1) is 14.2 Å². The van der Waals surface area contributed by atoms with E-state index >= 15 is 0 Å². The lowest BCUT2D eigenvalue weighted by Gasteiger charge is -2.09. The van der Waals surface area contributed by atoms with Gasteiger partial charge in [-0.1, -0.05) is 11.6 Å². The second kappa shape index (κ2) is 5.44. The van der Waals surface area contributed by atoms with Crippen molar-refractivity contribution in [2.24, 2.45) is 0 Å². The molecule has 2 heteroatoms. The first-order chi connectivity index (χ1) is 7.17. The molecule has 1 aromatic rings. The molecule has 0 aliphatic rings. The van der Waals surface area contributed by atoms with Gasteiger partial charge in [-0.3, -0.25) is 0 Å². The molecule has 15 heavy (non-hydrogen) atoms. The second-order valence-corrected chi connectivity index (χ2v) is 3.65. The molecule has 82 valence electrons. The molecule has 0 heterocycles. The summed E-state index contributed by atoms with van der Waals surface area (Å²) in [6.07, 6.45) is 2.01. The lowest BCUT2D eigenvalue weighted by atomic mass is 10.1. The van der Waals surface area contributed by atoms with E-state index in [9.17, 15) is 0 Å². The Morgan fingerprint density at radius 2 is 1.87 bits per heavy atom. The Bertz CT molecular complexity index is 342. The lowest BCUT2D eigenvalue weighted by Crippen LogP contribution is -1.93. The molecule has 0 saturated heterocycles. The third-order valence-electron chi connectivity index (χ3n) is 2.29. The first-order valence-electron chi connectivity index (χ1n) is 5.02. The SMILES string of the molecule is C=C(C)CCc1ccc(OC)c(OC)c1. The Kier molecular flexibility index (Phi) is 4.22. The van der Waals surface area contributed by atoms with Crippen molar-refractivity contribution in [3.8, 4) is 11.5 Å². The summed E-state index contributed by atoms with van der Waals surface area (Å²) in [7, 11) is 3.30. The largest absolute Gasteiger partial charge is 0.493 e. The minimum absolute atomic E-state index is 0.775. The van der Waals surface area contributed by atoms with E-state index in [4.69, 9.17) is 9.47 Å². The van der Waals surface area contributed by atoms with Crippen LogP contribution in [0, 0.1) is 0 Å². The van der Waals surface area contributed by atoms with Gasteiger partial charge in [0.15, 0.2) is 11.5 Å². The van der Waals surface area contributed by atoms with Crippen molar-refractivity contribution < 1.29 is 9.47 Å². The lowest BCUT2D eigenvalue weighted by molar-refractivity contribution is 0.354. The molecule has 2 nitrogen and oxygen atoms in total. The van der Waals surface area contributed by atoms with E-state index in [-0.39, 0.29) is 0 Å². The number of aryl methyl sites for hydroxylation is 1. The molecular weight excluding hydrogens is 188 g/mol. The van der Waals surface area contributed by atoms with E-state index in [1.54, 1.807) is 14.2 Å². The Labute approximate surface area is 91.5 Å². The number of rotatable bonds is 5. The van der Waals surface area contributed by atoms with Gasteiger partial charge < -0.3 is 9.47 Å². The molecule has 1 rings (SSSR count). The number of methoxy groups -OCH3 is 2. The Morgan fingerprint density at radius 3 is 2.40 bits per heavy atom. The first kappa shape index (κ1) is 11.6. The highest BCUT2D eigenvalue weighted by Crippen LogP contribution is 2.28. The van der Waals surface area contributed by atoms with Gasteiger partial charge in [0.2, 0.25) is 0 Å². The van der Waals surface area contributed by atoms with Crippen molar-refractivity contribution in [1.82, 2.24) is 0 Å². The monoisotopic (exact) mass is 206 g/mol. The minimum atomic E-state index is 0.775. The summed E-state index contributed by atoms with van der Waals surface area (Å²) >= 11 is 0. The fourth-order valence-corrected chi connectivity index (χ4v) is 1.39. The van der Waals surface area contributed by atoms with Crippen LogP contribution in [0.25, 0.3) is 0 Å². The average Bonchev–Trinajstić information content (AvgIpc) is 2.25. The van der Waals surface area contributed by atoms with Crippen molar-refractivity contribution >= 4 is 0 Å². The number of benzene rings is 1. The molecule has 0 bridgehead atoms. The predicted molar refractivity (Wildman–Crippen MR) is 62.7 cm³/mol. The summed E-state index contributed by atoms with van der Waals surface area (Å²) in [5, 5.41) is 0. The fraction of sp³-hybridized carbons (Fsp3) is 0.385. The first-order valence-corrected chi connectivity index (χ1v) is 5.02. The minimum Gasteiger partial charge on any atom is -0.493 e. The van der Waals surface area contributed by atoms with E-state index < -0.39 is 0 Å². The molecule has 0 saturated carbocycles. The van der Waals surface area contributed by atoms with Crippen molar-refractivity contribution in [1.29, 1.82) is 0 Å². The zero-order chi connectivity index (χ0) is 11.3. The summed E-state index contributed by atoms with van der Waals surface area (Å²) in [6.45, 7) is 5.93. The Hall–Kier alpha value is -1.44. The van der Waals surface area contributed by atoms with Gasteiger partial charge in [0.1, 0.15) is 0 Å². The molecule has 0 atom stereocenters. The highest BCUT2D eigenvalue weighted by atomic mass is 16.5. The van der Waals surface area contributed by atoms with Crippen molar-refractivity contribution in [2.75, 3.05) is 14.2 Å². The summed E-state index contributed by atoms with van der Waals surface area (Å²) in [5.41, 5.74) is 2.44. The molecule has 0 spiro atoms. The number of hydrogen-bond acceptors (Lipinski definition) is 2. The van der Waals surface area contributed by atoms with Crippen LogP contribution < -0.4 is 9.47 Å². The molecule has 0 fully saturated rings. The molecule has 0 unspecified atom stereocenters. The number of allylic oxidation sites excluding steroid dienone is 1. The summed E-state index contributed by atoms with van der Waals surface area (Å²) in [6, 6.07) is 6.01. The maximum Gasteiger partial charge on any atom is 0.160 e. The van der Waals surface area contributed by atoms with Gasteiger partial charge in [-0.25, -0.2) is 0 Å². The second-order valence-electron chi connectivity index (χ2n) is 3.65. The molecule has 0 radical (unpaired) electrons. The van der Waals surface area contributed by atoms with E-state index in [1.165, 1.54) is 11.1 Å². The maximum atomic E-state index is 5.24. The van der Waals surface area contributed by atoms with Crippen molar-refractivity contribution in [2.45, 2.75) is 19.8 Å². The standard InChI is InChI=1S/C13H18O2/c1-10(2)5-6-11-7-8-12(14-3)13(9-11)15-4/h7-9H,1,5-6H2,2-4H3. The van der Waals surface area contributed by atoms with Crippen LogP contribution in [0.15, 0.2) is 30.4 Å². The predicted octanol–water partition coefficient (Wildman–Crippen LogP) is 3.21. The molecule has 0 N–H and O–H groups in total. The average molecular weight is 206 g/mol. The summed E-state index contributed by atoms with van der Waals surface area (Å²) in [5.74, 6) is 1.56. The fourth-order valence-electron chi connectivity index (χ4n) is 1.39. The molecule has 0 aliphatic heterocycles. The quantitative estimate of drug-likeness (QED) is 0.689. The van der Waals surface area contributed by atoms with Gasteiger partial charge >= 0.3 is 0 Å². The van der Waals surface area contributed by atoms with Crippen molar-refractivity contribution in [3.05, 3.63) is 35.9 Å². The Morgan fingerprint density at radius 1 is 1.20 bits per heavy atom. The van der Waals surface area contributed by atoms with Crippen LogP contribution in [0.5, 0.6) is 11.5 Å². The summed E-state index contributed by atoms with van der Waals surface area (Å²) < 4.78 is 10.4. The van der Waals surface area contributed by atoms with Gasteiger partial charge in [-0.15, -0.1) is 6.58 Å². The van der Waals surface area contributed by atoms with E-state index in [1.807, 2.05) is 19.1 Å². The molecular formula is C13H18O2. The smallest absolute Gasteiger partial charge is 0.160 e. The topological polar surface area (TPSA) is 18.5 Å². The van der Waals surface area contributed by atoms with Crippen LogP contribution in [-0.2, 0) is 6.42 Å². The third kappa shape index (κ3) is 3.31. The van der Waals surface area contributed by atoms with E-state index in [2.05, 4.69) is 12.6 Å². The van der Waals surface area contributed by atoms with Gasteiger partial charge in [0.25, 0.3) is 0 Å². The highest BCUT2D eigenvalue weighted by molar-refractivity contribution is 5.43. The molecule has 1 aromatic carbocycles. The van der Waals surface area contributed by atoms with Crippen LogP contribution in [0.3, 0.4) is 0 Å². The number of hydrogen-bond donors (Lipinski definition) is 0. The van der Waals surface area contributed by atoms with E-state index in [0.717, 1.165) is 24.3 Å². The van der Waals surface area contributed by atoms with Crippen LogP contribution >= 0.6 is 0 Å². The normalized spacial score (nSPS) is 9.80. The zero-order valence-electron chi connectivity index (χ0n) is 9.67. The number of ether oxygens (including phenoxy) is 2. The maximum absolute atomic E-state index is 5.24. The van der Waals surface area contributed by atoms with Crippen LogP contribution in [0.2, 0.25) is 0 Å². The van der Waals surface area contributed by atoms with Crippen LogP contribution in [-0.4, -0.2) is 14.2 Å². The zero-order valence-corrected chi connectivity index (χ0v) is 9.67. The van der Waals surface area contributed by atoms with Gasteiger partial charge in [0, 0.05) is 0 Å². The molecule has 0 aliphatic carbocycles. The van der Waals surface area contributed by atoms with Gasteiger partial charge in [-0.2, -0.15) is 0 Å². The van der Waals surface area contributed by atoms with Crippen LogP contribution in [0.4, 0.5) is 0 Å². The highest BCUT2D eigenvalue weighted by Gasteiger charge is 2.03. The van der Waals surface area contributed by atoms with Crippen molar-refractivity contribution in [3.63, 3.8) is 0 Å². The molecule has 0 amide bonds. The van der Waals surface area contributed by atoms with E-state index in [0.29, 0.717) is 0 Å². The third-order valence-corrected chi connectivity index (χ3v) is 2.29. The molecule has 0 aromatic heterocycles.